The number of hydrogen-bond donors (Lipinski definition) is 2. The number of ether oxygens (including phenoxy) is 2. The summed E-state index contributed by atoms with van der Waals surface area (Å²) in [6, 6.07) is 8.33. The zero-order valence-electron chi connectivity index (χ0n) is 20.1. The van der Waals surface area contributed by atoms with E-state index in [1.807, 2.05) is 6.92 Å². The number of hydrogen-bond acceptors (Lipinski definition) is 9. The zero-order chi connectivity index (χ0) is 25.8. The number of carbonyl (C=O) groups is 3. The van der Waals surface area contributed by atoms with Crippen LogP contribution in [0.5, 0.6) is 0 Å². The highest BCUT2D eigenvalue weighted by atomic mass is 32.2. The lowest BCUT2D eigenvalue weighted by molar-refractivity contribution is -0.200. The molecule has 1 unspecified atom stereocenters. The number of aliphatic hydroxyl groups is 1. The molecule has 0 bridgehead atoms. The maximum atomic E-state index is 12.7. The van der Waals surface area contributed by atoms with Gasteiger partial charge in [-0.3, -0.25) is 13.8 Å². The molecule has 0 saturated heterocycles. The Morgan fingerprint density at radius 2 is 1.74 bits per heavy atom. The Labute approximate surface area is 201 Å². The predicted molar refractivity (Wildman–Crippen MR) is 124 cm³/mol. The molecule has 11 heteroatoms. The molecule has 0 fully saturated rings. The summed E-state index contributed by atoms with van der Waals surface area (Å²) in [6.07, 6.45) is -1.42. The average Bonchev–Trinajstić information content (AvgIpc) is 2.79. The Morgan fingerprint density at radius 1 is 1.09 bits per heavy atom. The lowest BCUT2D eigenvalue weighted by atomic mass is 9.87. The summed E-state index contributed by atoms with van der Waals surface area (Å²) in [4.78, 5) is 35.6. The number of rotatable bonds is 15. The smallest absolute Gasteiger partial charge is 0.338 e. The van der Waals surface area contributed by atoms with Gasteiger partial charge >= 0.3 is 11.9 Å². The van der Waals surface area contributed by atoms with Crippen LogP contribution in [0, 0.1) is 5.41 Å². The maximum absolute atomic E-state index is 12.7. The third-order valence-corrected chi connectivity index (χ3v) is 6.05. The molecular weight excluding hydrogens is 466 g/mol. The molecule has 1 aromatic rings. The number of aliphatic hydroxyl groups excluding tert-OH is 1. The van der Waals surface area contributed by atoms with Gasteiger partial charge in [-0.2, -0.15) is 8.42 Å². The van der Waals surface area contributed by atoms with E-state index < -0.39 is 46.5 Å². The van der Waals surface area contributed by atoms with Crippen molar-refractivity contribution in [3.05, 3.63) is 35.9 Å². The normalized spacial score (nSPS) is 13.6. The van der Waals surface area contributed by atoms with Crippen molar-refractivity contribution in [2.45, 2.75) is 65.8 Å². The van der Waals surface area contributed by atoms with Crippen LogP contribution in [-0.2, 0) is 38.2 Å². The van der Waals surface area contributed by atoms with Crippen LogP contribution in [0.15, 0.2) is 30.3 Å². The lowest BCUT2D eigenvalue weighted by Crippen LogP contribution is -2.42. The Kier molecular flexibility index (Phi) is 12.2. The average molecular weight is 502 g/mol. The number of amides is 1. The van der Waals surface area contributed by atoms with Gasteiger partial charge in [-0.25, -0.2) is 4.79 Å². The first kappa shape index (κ1) is 29.5. The Balaban J connectivity index is 2.76. The first-order valence-electron chi connectivity index (χ1n) is 11.1. The molecular formula is C23H35NO9S. The maximum Gasteiger partial charge on any atom is 0.338 e. The van der Waals surface area contributed by atoms with E-state index in [9.17, 15) is 27.9 Å². The standard InChI is InChI=1S/C23H35NO9S/c1-5-6-13-19(26)32-22(18-11-8-7-9-12-18)33-21(28)20(27)23(3,4)16-31-34(29,30)15-10-14-24-17(2)25/h7-9,11-12,20,22,27H,5-6,10,13-16H2,1-4H3,(H,24,25)/t20-,22?/m0/s1. The molecule has 1 amide bonds. The van der Waals surface area contributed by atoms with Crippen molar-refractivity contribution in [1.29, 1.82) is 0 Å². The fourth-order valence-corrected chi connectivity index (χ4v) is 3.75. The molecule has 0 radical (unpaired) electrons. The molecule has 2 N–H and O–H groups in total. The van der Waals surface area contributed by atoms with Gasteiger partial charge in [-0.15, -0.1) is 0 Å². The van der Waals surface area contributed by atoms with Gasteiger partial charge in [0, 0.05) is 30.9 Å². The fourth-order valence-electron chi connectivity index (χ4n) is 2.65. The van der Waals surface area contributed by atoms with Gasteiger partial charge in [0.05, 0.1) is 12.4 Å². The van der Waals surface area contributed by atoms with Crippen molar-refractivity contribution in [2.24, 2.45) is 5.41 Å². The van der Waals surface area contributed by atoms with Gasteiger partial charge < -0.3 is 19.9 Å². The van der Waals surface area contributed by atoms with Crippen molar-refractivity contribution >= 4 is 28.0 Å². The highest BCUT2D eigenvalue weighted by Gasteiger charge is 2.38. The predicted octanol–water partition coefficient (Wildman–Crippen LogP) is 2.22. The molecule has 0 heterocycles. The number of esters is 2. The van der Waals surface area contributed by atoms with Crippen LogP contribution in [0.3, 0.4) is 0 Å². The molecule has 0 aromatic heterocycles. The fraction of sp³-hybridized carbons (Fsp3) is 0.609. The van der Waals surface area contributed by atoms with Crippen LogP contribution in [-0.4, -0.2) is 56.4 Å². The second-order valence-corrected chi connectivity index (χ2v) is 10.3. The number of nitrogens with one attached hydrogen (secondary N) is 1. The van der Waals surface area contributed by atoms with Gasteiger partial charge in [0.1, 0.15) is 0 Å². The Hall–Kier alpha value is -2.50. The van der Waals surface area contributed by atoms with Crippen molar-refractivity contribution in [3.8, 4) is 0 Å². The Bertz CT molecular complexity index is 900. The summed E-state index contributed by atoms with van der Waals surface area (Å²) < 4.78 is 39.8. The Morgan fingerprint density at radius 3 is 2.32 bits per heavy atom. The minimum absolute atomic E-state index is 0.148. The van der Waals surface area contributed by atoms with E-state index in [1.165, 1.54) is 20.8 Å². The minimum atomic E-state index is -3.95. The first-order chi connectivity index (χ1) is 15.9. The topological polar surface area (TPSA) is 145 Å². The summed E-state index contributed by atoms with van der Waals surface area (Å²) in [5.41, 5.74) is -0.932. The van der Waals surface area contributed by atoms with E-state index in [1.54, 1.807) is 30.3 Å². The van der Waals surface area contributed by atoms with Crippen LogP contribution >= 0.6 is 0 Å². The van der Waals surface area contributed by atoms with E-state index in [-0.39, 0.29) is 31.0 Å². The monoisotopic (exact) mass is 501 g/mol. The molecule has 10 nitrogen and oxygen atoms in total. The summed E-state index contributed by atoms with van der Waals surface area (Å²) in [6.45, 7) is 5.81. The highest BCUT2D eigenvalue weighted by molar-refractivity contribution is 7.86. The van der Waals surface area contributed by atoms with Gasteiger partial charge in [-0.1, -0.05) is 57.5 Å². The van der Waals surface area contributed by atoms with E-state index in [2.05, 4.69) is 5.32 Å². The SMILES string of the molecule is CCCCC(=O)OC(OC(=O)[C@H](O)C(C)(C)COS(=O)(=O)CCCNC(C)=O)c1ccccc1. The van der Waals surface area contributed by atoms with Crippen LogP contribution in [0.2, 0.25) is 0 Å². The summed E-state index contributed by atoms with van der Waals surface area (Å²) >= 11 is 0. The summed E-state index contributed by atoms with van der Waals surface area (Å²) in [5.74, 6) is -2.25. The van der Waals surface area contributed by atoms with Crippen LogP contribution < -0.4 is 5.32 Å². The number of benzene rings is 1. The summed E-state index contributed by atoms with van der Waals surface area (Å²) in [7, 11) is -3.95. The van der Waals surface area contributed by atoms with Gasteiger partial charge in [0.2, 0.25) is 5.91 Å². The molecule has 2 atom stereocenters. The number of carbonyl (C=O) groups excluding carboxylic acids is 3. The van der Waals surface area contributed by atoms with Crippen LogP contribution in [0.1, 0.15) is 65.2 Å². The van der Waals surface area contributed by atoms with Crippen molar-refractivity contribution in [1.82, 2.24) is 5.32 Å². The van der Waals surface area contributed by atoms with Crippen molar-refractivity contribution in [3.63, 3.8) is 0 Å². The van der Waals surface area contributed by atoms with Gasteiger partial charge in [-0.05, 0) is 12.8 Å². The molecule has 34 heavy (non-hydrogen) atoms. The molecule has 0 aliphatic carbocycles. The third-order valence-electron chi connectivity index (χ3n) is 4.79. The second kappa shape index (κ2) is 14.0. The highest BCUT2D eigenvalue weighted by Crippen LogP contribution is 2.27. The molecule has 0 aliphatic rings. The van der Waals surface area contributed by atoms with Crippen molar-refractivity contribution < 1.29 is 41.6 Å². The minimum Gasteiger partial charge on any atom is -0.421 e. The molecule has 192 valence electrons. The summed E-state index contributed by atoms with van der Waals surface area (Å²) in [5, 5.41) is 13.0. The van der Waals surface area contributed by atoms with Gasteiger partial charge in [0.25, 0.3) is 16.4 Å². The van der Waals surface area contributed by atoms with E-state index >= 15 is 0 Å². The van der Waals surface area contributed by atoms with Crippen LogP contribution in [0.25, 0.3) is 0 Å². The zero-order valence-corrected chi connectivity index (χ0v) is 20.9. The molecule has 0 aliphatic heterocycles. The van der Waals surface area contributed by atoms with Gasteiger partial charge in [0.15, 0.2) is 6.10 Å². The largest absolute Gasteiger partial charge is 0.421 e. The molecule has 0 spiro atoms. The van der Waals surface area contributed by atoms with E-state index in [0.29, 0.717) is 12.0 Å². The molecule has 0 saturated carbocycles. The molecule has 1 rings (SSSR count). The first-order valence-corrected chi connectivity index (χ1v) is 12.7. The third kappa shape index (κ3) is 11.1. The second-order valence-electron chi connectivity index (χ2n) is 8.52. The lowest BCUT2D eigenvalue weighted by Gasteiger charge is -2.29. The quantitative estimate of drug-likeness (QED) is 0.160. The van der Waals surface area contributed by atoms with Crippen molar-refractivity contribution in [2.75, 3.05) is 18.9 Å². The van der Waals surface area contributed by atoms with Crippen LogP contribution in [0.4, 0.5) is 0 Å². The van der Waals surface area contributed by atoms with E-state index in [0.717, 1.165) is 6.42 Å². The van der Waals surface area contributed by atoms with E-state index in [4.69, 9.17) is 13.7 Å². The number of unbranched alkanes of at least 4 members (excludes halogenated alkanes) is 1. The molecule has 1 aromatic carbocycles.